The van der Waals surface area contributed by atoms with Gasteiger partial charge in [-0.2, -0.15) is 0 Å². The third-order valence-corrected chi connectivity index (χ3v) is 3.17. The third kappa shape index (κ3) is 8.98. The van der Waals surface area contributed by atoms with Crippen molar-refractivity contribution in [1.82, 2.24) is 15.5 Å². The zero-order chi connectivity index (χ0) is 14.6. The molecular formula is C15H29IN4O. The lowest BCUT2D eigenvalue weighted by molar-refractivity contribution is 0.313. The molecule has 122 valence electrons. The molecule has 0 spiro atoms. The molecule has 0 aliphatic carbocycles. The molecule has 0 aliphatic heterocycles. The largest absolute Gasteiger partial charge is 0.469 e. The van der Waals surface area contributed by atoms with Gasteiger partial charge in [-0.05, 0) is 32.1 Å². The van der Waals surface area contributed by atoms with Crippen LogP contribution in [-0.4, -0.2) is 50.1 Å². The molecular weight excluding hydrogens is 379 g/mol. The summed E-state index contributed by atoms with van der Waals surface area (Å²) in [5.41, 5.74) is 0. The van der Waals surface area contributed by atoms with E-state index in [1.165, 1.54) is 0 Å². The summed E-state index contributed by atoms with van der Waals surface area (Å²) in [6, 6.07) is 3.91. The van der Waals surface area contributed by atoms with Crippen molar-refractivity contribution in [2.45, 2.75) is 27.2 Å². The summed E-state index contributed by atoms with van der Waals surface area (Å²) in [6.45, 7) is 12.1. The third-order valence-electron chi connectivity index (χ3n) is 3.17. The minimum atomic E-state index is 0. The van der Waals surface area contributed by atoms with Gasteiger partial charge in [0.25, 0.3) is 0 Å². The van der Waals surface area contributed by atoms with Gasteiger partial charge in [-0.3, -0.25) is 4.99 Å². The lowest BCUT2D eigenvalue weighted by atomic mass is 10.3. The first-order valence-corrected chi connectivity index (χ1v) is 7.57. The van der Waals surface area contributed by atoms with Gasteiger partial charge in [0, 0.05) is 26.1 Å². The smallest absolute Gasteiger partial charge is 0.191 e. The van der Waals surface area contributed by atoms with E-state index in [0.29, 0.717) is 0 Å². The van der Waals surface area contributed by atoms with E-state index in [2.05, 4.69) is 41.3 Å². The highest BCUT2D eigenvalue weighted by atomic mass is 127. The number of guanidine groups is 1. The van der Waals surface area contributed by atoms with Crippen molar-refractivity contribution >= 4 is 29.9 Å². The van der Waals surface area contributed by atoms with Gasteiger partial charge < -0.3 is 20.0 Å². The molecule has 0 radical (unpaired) electrons. The van der Waals surface area contributed by atoms with Gasteiger partial charge in [0.2, 0.25) is 0 Å². The number of aliphatic imine (C=N–C) groups is 1. The Morgan fingerprint density at radius 3 is 2.57 bits per heavy atom. The first kappa shape index (κ1) is 20.2. The quantitative estimate of drug-likeness (QED) is 0.374. The minimum Gasteiger partial charge on any atom is -0.469 e. The number of nitrogens with one attached hydrogen (secondary N) is 2. The monoisotopic (exact) mass is 408 g/mol. The topological polar surface area (TPSA) is 52.8 Å². The van der Waals surface area contributed by atoms with Crippen LogP contribution in [0.1, 0.15) is 26.5 Å². The minimum absolute atomic E-state index is 0. The molecule has 5 nitrogen and oxygen atoms in total. The van der Waals surface area contributed by atoms with Crippen LogP contribution in [0.4, 0.5) is 0 Å². The highest BCUT2D eigenvalue weighted by Gasteiger charge is 2.00. The zero-order valence-corrected chi connectivity index (χ0v) is 15.7. The number of rotatable bonds is 9. The molecule has 2 N–H and O–H groups in total. The molecule has 0 aromatic carbocycles. The van der Waals surface area contributed by atoms with Gasteiger partial charge in [0.05, 0.1) is 12.8 Å². The second-order valence-corrected chi connectivity index (χ2v) is 4.54. The van der Waals surface area contributed by atoms with Crippen molar-refractivity contribution in [3.8, 4) is 0 Å². The molecule has 1 rings (SSSR count). The number of likely N-dealkylation sites (N-methyl/N-ethyl adjacent to an activating group) is 1. The molecule has 21 heavy (non-hydrogen) atoms. The van der Waals surface area contributed by atoms with E-state index in [-0.39, 0.29) is 24.0 Å². The Morgan fingerprint density at radius 1 is 1.24 bits per heavy atom. The SMILES string of the molecule is CCNC(=NCCN(CC)CC)NCCc1ccco1.I. The molecule has 0 atom stereocenters. The summed E-state index contributed by atoms with van der Waals surface area (Å²) in [5.74, 6) is 1.88. The van der Waals surface area contributed by atoms with Crippen LogP contribution < -0.4 is 10.6 Å². The van der Waals surface area contributed by atoms with E-state index in [0.717, 1.165) is 57.4 Å². The normalized spacial score (nSPS) is 11.3. The summed E-state index contributed by atoms with van der Waals surface area (Å²) < 4.78 is 5.31. The van der Waals surface area contributed by atoms with Gasteiger partial charge in [0.15, 0.2) is 5.96 Å². The molecule has 1 aromatic rings. The number of furan rings is 1. The molecule has 0 saturated heterocycles. The fraction of sp³-hybridized carbons (Fsp3) is 0.667. The van der Waals surface area contributed by atoms with Gasteiger partial charge >= 0.3 is 0 Å². The lowest BCUT2D eigenvalue weighted by Crippen LogP contribution is -2.39. The van der Waals surface area contributed by atoms with Crippen molar-refractivity contribution < 1.29 is 4.42 Å². The maximum Gasteiger partial charge on any atom is 0.191 e. The van der Waals surface area contributed by atoms with Crippen LogP contribution in [0.2, 0.25) is 0 Å². The fourth-order valence-electron chi connectivity index (χ4n) is 1.94. The summed E-state index contributed by atoms with van der Waals surface area (Å²) in [5, 5.41) is 6.59. The first-order valence-electron chi connectivity index (χ1n) is 7.57. The van der Waals surface area contributed by atoms with Crippen LogP contribution >= 0.6 is 24.0 Å². The first-order chi connectivity index (χ1) is 9.80. The van der Waals surface area contributed by atoms with Gasteiger partial charge in [-0.25, -0.2) is 0 Å². The average molecular weight is 408 g/mol. The number of nitrogens with zero attached hydrogens (tertiary/aromatic N) is 2. The second kappa shape index (κ2) is 12.9. The maximum atomic E-state index is 5.31. The van der Waals surface area contributed by atoms with Gasteiger partial charge in [0.1, 0.15) is 5.76 Å². The Morgan fingerprint density at radius 2 is 2.00 bits per heavy atom. The molecule has 0 amide bonds. The average Bonchev–Trinajstić information content (AvgIpc) is 2.97. The fourth-order valence-corrected chi connectivity index (χ4v) is 1.94. The molecule has 0 saturated carbocycles. The number of hydrogen-bond acceptors (Lipinski definition) is 3. The Balaban J connectivity index is 0.00000400. The van der Waals surface area contributed by atoms with E-state index >= 15 is 0 Å². The molecule has 0 unspecified atom stereocenters. The summed E-state index contributed by atoms with van der Waals surface area (Å²) in [7, 11) is 0. The Bertz CT molecular complexity index is 364. The van der Waals surface area contributed by atoms with Gasteiger partial charge in [-0.1, -0.05) is 13.8 Å². The van der Waals surface area contributed by atoms with Crippen LogP contribution in [0.15, 0.2) is 27.8 Å². The van der Waals surface area contributed by atoms with Crippen LogP contribution in [0.3, 0.4) is 0 Å². The standard InChI is InChI=1S/C15H28N4O.HI/c1-4-16-15(18-11-12-19(5-2)6-3)17-10-9-14-8-7-13-20-14;/h7-8,13H,4-6,9-12H2,1-3H3,(H2,16,17,18);1H. The molecule has 1 aromatic heterocycles. The van der Waals surface area contributed by atoms with Gasteiger partial charge in [-0.15, -0.1) is 24.0 Å². The molecule has 0 aliphatic rings. The maximum absolute atomic E-state index is 5.31. The van der Waals surface area contributed by atoms with E-state index in [9.17, 15) is 0 Å². The van der Waals surface area contributed by atoms with Crippen molar-refractivity contribution in [3.63, 3.8) is 0 Å². The van der Waals surface area contributed by atoms with Crippen molar-refractivity contribution in [2.75, 3.05) is 39.3 Å². The van der Waals surface area contributed by atoms with E-state index in [1.807, 2.05) is 12.1 Å². The van der Waals surface area contributed by atoms with E-state index in [1.54, 1.807) is 6.26 Å². The highest BCUT2D eigenvalue weighted by molar-refractivity contribution is 14.0. The predicted octanol–water partition coefficient (Wildman–Crippen LogP) is 2.34. The summed E-state index contributed by atoms with van der Waals surface area (Å²) >= 11 is 0. The Labute approximate surface area is 145 Å². The summed E-state index contributed by atoms with van der Waals surface area (Å²) in [4.78, 5) is 6.96. The van der Waals surface area contributed by atoms with Crippen LogP contribution in [-0.2, 0) is 6.42 Å². The molecule has 1 heterocycles. The van der Waals surface area contributed by atoms with Crippen LogP contribution in [0.5, 0.6) is 0 Å². The summed E-state index contributed by atoms with van der Waals surface area (Å²) in [6.07, 6.45) is 2.58. The van der Waals surface area contributed by atoms with Crippen molar-refractivity contribution in [2.24, 2.45) is 4.99 Å². The molecule has 0 fully saturated rings. The zero-order valence-electron chi connectivity index (χ0n) is 13.4. The molecule has 6 heteroatoms. The predicted molar refractivity (Wildman–Crippen MR) is 99.6 cm³/mol. The van der Waals surface area contributed by atoms with Crippen molar-refractivity contribution in [3.05, 3.63) is 24.2 Å². The Hall–Kier alpha value is -0.760. The van der Waals surface area contributed by atoms with E-state index in [4.69, 9.17) is 4.42 Å². The van der Waals surface area contributed by atoms with Crippen LogP contribution in [0.25, 0.3) is 0 Å². The van der Waals surface area contributed by atoms with E-state index < -0.39 is 0 Å². The number of halogens is 1. The van der Waals surface area contributed by atoms with Crippen LogP contribution in [0, 0.1) is 0 Å². The van der Waals surface area contributed by atoms with Crippen molar-refractivity contribution in [1.29, 1.82) is 0 Å². The second-order valence-electron chi connectivity index (χ2n) is 4.54. The highest BCUT2D eigenvalue weighted by Crippen LogP contribution is 1.99. The number of hydrogen-bond donors (Lipinski definition) is 2. The Kier molecular flexibility index (Phi) is 12.5. The lowest BCUT2D eigenvalue weighted by Gasteiger charge is -2.17. The molecule has 0 bridgehead atoms.